The molecule has 0 bridgehead atoms. The average molecular weight is 325 g/mol. The van der Waals surface area contributed by atoms with Gasteiger partial charge in [-0.1, -0.05) is 19.8 Å². The van der Waals surface area contributed by atoms with Crippen LogP contribution in [0.15, 0.2) is 4.99 Å². The summed E-state index contributed by atoms with van der Waals surface area (Å²) in [5.41, 5.74) is 0.443. The monoisotopic (exact) mass is 325 g/mol. The van der Waals surface area contributed by atoms with Crippen molar-refractivity contribution in [3.05, 3.63) is 0 Å². The van der Waals surface area contributed by atoms with Crippen LogP contribution in [0.1, 0.15) is 58.8 Å². The summed E-state index contributed by atoms with van der Waals surface area (Å²) in [6.45, 7) is 9.34. The summed E-state index contributed by atoms with van der Waals surface area (Å²) >= 11 is 0. The lowest BCUT2D eigenvalue weighted by Gasteiger charge is -2.25. The van der Waals surface area contributed by atoms with E-state index in [0.717, 1.165) is 38.6 Å². The van der Waals surface area contributed by atoms with Gasteiger partial charge >= 0.3 is 0 Å². The Balaban J connectivity index is 1.66. The lowest BCUT2D eigenvalue weighted by atomic mass is 9.84. The molecule has 1 saturated carbocycles. The number of aliphatic imine (C=N–C) groups is 1. The zero-order chi connectivity index (χ0) is 16.4. The zero-order valence-corrected chi connectivity index (χ0v) is 15.0. The minimum Gasteiger partial charge on any atom is -0.377 e. The fourth-order valence-corrected chi connectivity index (χ4v) is 3.57. The highest BCUT2D eigenvalue weighted by molar-refractivity contribution is 5.79. The van der Waals surface area contributed by atoms with E-state index in [9.17, 15) is 0 Å². The molecule has 1 aliphatic heterocycles. The van der Waals surface area contributed by atoms with Crippen molar-refractivity contribution in [3.63, 3.8) is 0 Å². The van der Waals surface area contributed by atoms with Crippen molar-refractivity contribution >= 4 is 5.96 Å². The van der Waals surface area contributed by atoms with Gasteiger partial charge in [0, 0.05) is 26.2 Å². The largest absolute Gasteiger partial charge is 0.377 e. The molecule has 1 heterocycles. The Morgan fingerprint density at radius 2 is 2.04 bits per heavy atom. The van der Waals surface area contributed by atoms with Crippen LogP contribution in [0.2, 0.25) is 0 Å². The van der Waals surface area contributed by atoms with Crippen LogP contribution in [-0.2, 0) is 9.47 Å². The number of nitrogens with zero attached hydrogens (tertiary/aromatic N) is 1. The van der Waals surface area contributed by atoms with Crippen LogP contribution >= 0.6 is 0 Å². The molecule has 0 spiro atoms. The van der Waals surface area contributed by atoms with Crippen LogP contribution in [0, 0.1) is 5.41 Å². The van der Waals surface area contributed by atoms with E-state index in [0.29, 0.717) is 24.7 Å². The van der Waals surface area contributed by atoms with Gasteiger partial charge in [-0.25, -0.2) is 0 Å². The number of nitrogens with one attached hydrogen (secondary N) is 2. The van der Waals surface area contributed by atoms with Crippen LogP contribution < -0.4 is 10.6 Å². The Kier molecular flexibility index (Phi) is 8.17. The average Bonchev–Trinajstić information content (AvgIpc) is 3.24. The molecule has 1 atom stereocenters. The first-order valence-electron chi connectivity index (χ1n) is 9.49. The van der Waals surface area contributed by atoms with E-state index in [1.807, 2.05) is 0 Å². The summed E-state index contributed by atoms with van der Waals surface area (Å²) in [5, 5.41) is 6.72. The van der Waals surface area contributed by atoms with E-state index in [1.165, 1.54) is 38.5 Å². The van der Waals surface area contributed by atoms with Crippen molar-refractivity contribution in [2.45, 2.75) is 64.9 Å². The zero-order valence-electron chi connectivity index (χ0n) is 15.0. The molecular formula is C18H35N3O2. The van der Waals surface area contributed by atoms with Gasteiger partial charge in [-0.2, -0.15) is 0 Å². The lowest BCUT2D eigenvalue weighted by molar-refractivity contribution is 0.0191. The Morgan fingerprint density at radius 3 is 2.70 bits per heavy atom. The Morgan fingerprint density at radius 1 is 1.22 bits per heavy atom. The molecule has 23 heavy (non-hydrogen) atoms. The highest BCUT2D eigenvalue weighted by atomic mass is 16.5. The van der Waals surface area contributed by atoms with Gasteiger partial charge in [0.1, 0.15) is 0 Å². The smallest absolute Gasteiger partial charge is 0.191 e. The Hall–Kier alpha value is -0.810. The van der Waals surface area contributed by atoms with Crippen LogP contribution in [0.5, 0.6) is 0 Å². The van der Waals surface area contributed by atoms with E-state index in [1.54, 1.807) is 0 Å². The molecule has 5 heteroatoms. The lowest BCUT2D eigenvalue weighted by Crippen LogP contribution is -2.40. The summed E-state index contributed by atoms with van der Waals surface area (Å²) in [6, 6.07) is 0. The number of ether oxygens (including phenoxy) is 2. The first-order valence-corrected chi connectivity index (χ1v) is 9.49. The fraction of sp³-hybridized carbons (Fsp3) is 0.944. The molecule has 1 aliphatic carbocycles. The van der Waals surface area contributed by atoms with Crippen molar-refractivity contribution in [3.8, 4) is 0 Å². The quantitative estimate of drug-likeness (QED) is 0.389. The third-order valence-electron chi connectivity index (χ3n) is 5.20. The minimum absolute atomic E-state index is 0.309. The molecule has 0 amide bonds. The topological polar surface area (TPSA) is 54.9 Å². The first-order chi connectivity index (χ1) is 11.3. The van der Waals surface area contributed by atoms with Crippen molar-refractivity contribution in [2.75, 3.05) is 39.5 Å². The molecule has 2 fully saturated rings. The summed E-state index contributed by atoms with van der Waals surface area (Å²) in [7, 11) is 0. The maximum absolute atomic E-state index is 5.69. The second-order valence-electron chi connectivity index (χ2n) is 6.89. The van der Waals surface area contributed by atoms with Gasteiger partial charge in [0.25, 0.3) is 0 Å². The molecule has 0 aromatic rings. The Labute approximate surface area is 141 Å². The van der Waals surface area contributed by atoms with Crippen molar-refractivity contribution in [1.29, 1.82) is 0 Å². The molecule has 2 aliphatic rings. The third-order valence-corrected chi connectivity index (χ3v) is 5.20. The molecule has 2 rings (SSSR count). The molecule has 0 radical (unpaired) electrons. The van der Waals surface area contributed by atoms with Crippen molar-refractivity contribution in [1.82, 2.24) is 10.6 Å². The van der Waals surface area contributed by atoms with E-state index in [-0.39, 0.29) is 0 Å². The van der Waals surface area contributed by atoms with Crippen LogP contribution in [0.3, 0.4) is 0 Å². The number of rotatable bonds is 9. The second kappa shape index (κ2) is 10.1. The number of hydrogen-bond acceptors (Lipinski definition) is 3. The molecule has 1 saturated heterocycles. The molecule has 134 valence electrons. The van der Waals surface area contributed by atoms with Gasteiger partial charge in [-0.05, 0) is 44.4 Å². The molecule has 5 nitrogen and oxygen atoms in total. The van der Waals surface area contributed by atoms with E-state index < -0.39 is 0 Å². The number of guanidine groups is 1. The maximum atomic E-state index is 5.69. The molecule has 2 N–H and O–H groups in total. The standard InChI is InChI=1S/C18H35N3O2/c1-3-18(9-5-6-10-18)15-21-17(19-4-2)20-11-13-22-14-16-8-7-12-23-16/h16H,3-15H2,1-2H3,(H2,19,20,21). The molecule has 0 aromatic heterocycles. The van der Waals surface area contributed by atoms with Gasteiger partial charge in [-0.15, -0.1) is 0 Å². The molecule has 0 aromatic carbocycles. The molecular weight excluding hydrogens is 290 g/mol. The van der Waals surface area contributed by atoms with Gasteiger partial charge in [0.05, 0.1) is 19.3 Å². The van der Waals surface area contributed by atoms with Crippen LogP contribution in [0.25, 0.3) is 0 Å². The predicted molar refractivity (Wildman–Crippen MR) is 95.0 cm³/mol. The molecule has 1 unspecified atom stereocenters. The van der Waals surface area contributed by atoms with Crippen LogP contribution in [0.4, 0.5) is 0 Å². The summed E-state index contributed by atoms with van der Waals surface area (Å²) in [4.78, 5) is 4.83. The van der Waals surface area contributed by atoms with Crippen molar-refractivity contribution < 1.29 is 9.47 Å². The highest BCUT2D eigenvalue weighted by Crippen LogP contribution is 2.41. The van der Waals surface area contributed by atoms with E-state index in [2.05, 4.69) is 24.5 Å². The minimum atomic E-state index is 0.309. The van der Waals surface area contributed by atoms with E-state index >= 15 is 0 Å². The van der Waals surface area contributed by atoms with Gasteiger partial charge < -0.3 is 20.1 Å². The van der Waals surface area contributed by atoms with Gasteiger partial charge in [-0.3, -0.25) is 4.99 Å². The summed E-state index contributed by atoms with van der Waals surface area (Å²) < 4.78 is 11.3. The fourth-order valence-electron chi connectivity index (χ4n) is 3.57. The third kappa shape index (κ3) is 6.30. The van der Waals surface area contributed by atoms with E-state index in [4.69, 9.17) is 14.5 Å². The highest BCUT2D eigenvalue weighted by Gasteiger charge is 2.31. The van der Waals surface area contributed by atoms with Crippen LogP contribution in [-0.4, -0.2) is 51.5 Å². The SMILES string of the molecule is CCNC(=NCC1(CC)CCCC1)NCCOCC1CCCO1. The first kappa shape index (κ1) is 18.5. The second-order valence-corrected chi connectivity index (χ2v) is 6.89. The summed E-state index contributed by atoms with van der Waals surface area (Å²) in [5.74, 6) is 0.924. The maximum Gasteiger partial charge on any atom is 0.191 e. The predicted octanol–water partition coefficient (Wildman–Crippen LogP) is 2.71. The van der Waals surface area contributed by atoms with Crippen molar-refractivity contribution in [2.24, 2.45) is 10.4 Å². The Bertz CT molecular complexity index is 348. The number of hydrogen-bond donors (Lipinski definition) is 2. The normalized spacial score (nSPS) is 24.1. The van der Waals surface area contributed by atoms with Gasteiger partial charge in [0.2, 0.25) is 0 Å². The summed E-state index contributed by atoms with van der Waals surface area (Å²) in [6.07, 6.45) is 9.24. The van der Waals surface area contributed by atoms with Gasteiger partial charge in [0.15, 0.2) is 5.96 Å².